The highest BCUT2D eigenvalue weighted by molar-refractivity contribution is 8.00. The molecule has 1 aliphatic rings. The van der Waals surface area contributed by atoms with E-state index in [9.17, 15) is 21.6 Å². The SMILES string of the molecule is CN(C)S(=O)(=O)Nc1cnccc1CN1CCN(c2ccc(SC(F)(F)F)cc2)C1. The molecule has 2 aromatic rings. The van der Waals surface area contributed by atoms with Crippen LogP contribution >= 0.6 is 11.8 Å². The first-order valence-corrected chi connectivity index (χ1v) is 11.3. The van der Waals surface area contributed by atoms with Crippen molar-refractivity contribution in [3.63, 3.8) is 0 Å². The van der Waals surface area contributed by atoms with Crippen molar-refractivity contribution in [3.05, 3.63) is 48.3 Å². The number of nitrogens with one attached hydrogen (secondary N) is 1. The van der Waals surface area contributed by atoms with E-state index in [1.54, 1.807) is 24.4 Å². The number of hydrogen-bond acceptors (Lipinski definition) is 6. The second-order valence-electron chi connectivity index (χ2n) is 6.92. The fourth-order valence-electron chi connectivity index (χ4n) is 2.97. The molecule has 1 aliphatic heterocycles. The molecule has 0 aliphatic carbocycles. The molecular formula is C18H22F3N5O2S2. The smallest absolute Gasteiger partial charge is 0.357 e. The lowest BCUT2D eigenvalue weighted by Gasteiger charge is -2.22. The highest BCUT2D eigenvalue weighted by Crippen LogP contribution is 2.37. The zero-order chi connectivity index (χ0) is 21.9. The van der Waals surface area contributed by atoms with E-state index in [0.717, 1.165) is 28.6 Å². The summed E-state index contributed by atoms with van der Waals surface area (Å²) in [6, 6.07) is 8.06. The molecule has 0 spiro atoms. The minimum atomic E-state index is -4.30. The molecule has 0 saturated carbocycles. The van der Waals surface area contributed by atoms with Crippen molar-refractivity contribution in [2.45, 2.75) is 16.9 Å². The number of halogens is 3. The van der Waals surface area contributed by atoms with Gasteiger partial charge in [-0.1, -0.05) is 0 Å². The normalized spacial score (nSPS) is 15.7. The van der Waals surface area contributed by atoms with Crippen molar-refractivity contribution in [1.29, 1.82) is 0 Å². The number of alkyl halides is 3. The largest absolute Gasteiger partial charge is 0.446 e. The minimum absolute atomic E-state index is 0.132. The van der Waals surface area contributed by atoms with E-state index >= 15 is 0 Å². The molecule has 0 bridgehead atoms. The van der Waals surface area contributed by atoms with Crippen LogP contribution in [-0.4, -0.2) is 62.0 Å². The molecule has 1 aromatic heterocycles. The van der Waals surface area contributed by atoms with Crippen LogP contribution < -0.4 is 9.62 Å². The maximum atomic E-state index is 12.5. The van der Waals surface area contributed by atoms with Crippen LogP contribution in [-0.2, 0) is 16.8 Å². The van der Waals surface area contributed by atoms with Crippen LogP contribution in [0, 0.1) is 0 Å². The van der Waals surface area contributed by atoms with Crippen LogP contribution in [0.4, 0.5) is 24.5 Å². The molecule has 1 fully saturated rings. The number of thioether (sulfide) groups is 1. The van der Waals surface area contributed by atoms with E-state index < -0.39 is 15.7 Å². The molecule has 30 heavy (non-hydrogen) atoms. The van der Waals surface area contributed by atoms with Crippen LogP contribution in [0.5, 0.6) is 0 Å². The summed E-state index contributed by atoms with van der Waals surface area (Å²) in [6.45, 7) is 2.54. The van der Waals surface area contributed by atoms with Gasteiger partial charge in [-0.2, -0.15) is 25.9 Å². The van der Waals surface area contributed by atoms with E-state index in [4.69, 9.17) is 0 Å². The van der Waals surface area contributed by atoms with Gasteiger partial charge < -0.3 is 4.90 Å². The van der Waals surface area contributed by atoms with Crippen molar-refractivity contribution in [1.82, 2.24) is 14.2 Å². The summed E-state index contributed by atoms with van der Waals surface area (Å²) in [5.41, 5.74) is -2.26. The number of rotatable bonds is 7. The Hall–Kier alpha value is -2.02. The van der Waals surface area contributed by atoms with Gasteiger partial charge in [0.25, 0.3) is 0 Å². The van der Waals surface area contributed by atoms with Crippen LogP contribution in [0.3, 0.4) is 0 Å². The van der Waals surface area contributed by atoms with Gasteiger partial charge in [-0.05, 0) is 47.7 Å². The monoisotopic (exact) mass is 461 g/mol. The number of benzene rings is 1. The molecule has 12 heteroatoms. The van der Waals surface area contributed by atoms with Gasteiger partial charge in [0.2, 0.25) is 0 Å². The summed E-state index contributed by atoms with van der Waals surface area (Å²) in [4.78, 5) is 8.34. The molecule has 0 radical (unpaired) electrons. The number of pyridine rings is 1. The van der Waals surface area contributed by atoms with Crippen molar-refractivity contribution in [2.75, 3.05) is 43.5 Å². The summed E-state index contributed by atoms with van der Waals surface area (Å²) in [6.07, 6.45) is 3.08. The molecular weight excluding hydrogens is 439 g/mol. The van der Waals surface area contributed by atoms with Gasteiger partial charge in [-0.25, -0.2) is 0 Å². The Bertz CT molecular complexity index is 969. The molecule has 0 unspecified atom stereocenters. The molecule has 1 saturated heterocycles. The molecule has 1 aromatic carbocycles. The Morgan fingerprint density at radius 3 is 2.50 bits per heavy atom. The first kappa shape index (κ1) is 22.7. The summed E-state index contributed by atoms with van der Waals surface area (Å²) in [5.74, 6) is 0. The summed E-state index contributed by atoms with van der Waals surface area (Å²) in [5, 5.41) is 0. The first-order chi connectivity index (χ1) is 14.0. The lowest BCUT2D eigenvalue weighted by Crippen LogP contribution is -2.30. The van der Waals surface area contributed by atoms with E-state index in [1.807, 2.05) is 0 Å². The predicted molar refractivity (Wildman–Crippen MR) is 111 cm³/mol. The third-order valence-corrected chi connectivity index (χ3v) is 6.70. The van der Waals surface area contributed by atoms with Crippen LogP contribution in [0.1, 0.15) is 5.56 Å². The Morgan fingerprint density at radius 2 is 1.87 bits per heavy atom. The maximum absolute atomic E-state index is 12.5. The quantitative estimate of drug-likeness (QED) is 0.639. The molecule has 164 valence electrons. The molecule has 1 N–H and O–H groups in total. The standard InChI is InChI=1S/C18H22F3N5O2S2/c1-24(2)30(27,28)23-17-11-22-8-7-14(17)12-25-9-10-26(13-25)15-3-5-16(6-4-15)29-18(19,20)21/h3-8,11,23H,9-10,12-13H2,1-2H3. The lowest BCUT2D eigenvalue weighted by atomic mass is 10.2. The summed E-state index contributed by atoms with van der Waals surface area (Å²) in [7, 11) is -0.767. The zero-order valence-electron chi connectivity index (χ0n) is 16.4. The molecule has 0 amide bonds. The van der Waals surface area contributed by atoms with Gasteiger partial charge in [0.15, 0.2) is 0 Å². The molecule has 3 rings (SSSR count). The van der Waals surface area contributed by atoms with Gasteiger partial charge in [-0.3, -0.25) is 14.6 Å². The third-order valence-electron chi connectivity index (χ3n) is 4.52. The van der Waals surface area contributed by atoms with Gasteiger partial charge in [0.1, 0.15) is 0 Å². The fourth-order valence-corrected chi connectivity index (χ4v) is 4.15. The average molecular weight is 462 g/mol. The van der Waals surface area contributed by atoms with Crippen molar-refractivity contribution in [2.24, 2.45) is 0 Å². The molecule has 7 nitrogen and oxygen atoms in total. The maximum Gasteiger partial charge on any atom is 0.446 e. The minimum Gasteiger partial charge on any atom is -0.357 e. The zero-order valence-corrected chi connectivity index (χ0v) is 18.1. The Morgan fingerprint density at radius 1 is 1.17 bits per heavy atom. The Kier molecular flexibility index (Phi) is 6.80. The van der Waals surface area contributed by atoms with Crippen molar-refractivity contribution in [3.8, 4) is 0 Å². The number of hydrogen-bond donors (Lipinski definition) is 1. The van der Waals surface area contributed by atoms with Crippen molar-refractivity contribution < 1.29 is 21.6 Å². The Balaban J connectivity index is 1.64. The number of aromatic nitrogens is 1. The first-order valence-electron chi connectivity index (χ1n) is 9.00. The summed E-state index contributed by atoms with van der Waals surface area (Å²) < 4.78 is 65.3. The highest BCUT2D eigenvalue weighted by atomic mass is 32.2. The Labute approximate surface area is 178 Å². The second kappa shape index (κ2) is 9.00. The van der Waals surface area contributed by atoms with Crippen LogP contribution in [0.2, 0.25) is 0 Å². The highest BCUT2D eigenvalue weighted by Gasteiger charge is 2.29. The molecule has 0 atom stereocenters. The van der Waals surface area contributed by atoms with Gasteiger partial charge in [0, 0.05) is 50.5 Å². The third kappa shape index (κ3) is 6.00. The van der Waals surface area contributed by atoms with E-state index in [1.165, 1.54) is 32.4 Å². The fraction of sp³-hybridized carbons (Fsp3) is 0.389. The van der Waals surface area contributed by atoms with Gasteiger partial charge in [0.05, 0.1) is 18.6 Å². The predicted octanol–water partition coefficient (Wildman–Crippen LogP) is 3.19. The second-order valence-corrected chi connectivity index (χ2v) is 9.94. The van der Waals surface area contributed by atoms with Crippen molar-refractivity contribution >= 4 is 33.3 Å². The van der Waals surface area contributed by atoms with Crippen LogP contribution in [0.15, 0.2) is 47.6 Å². The number of nitrogens with zero attached hydrogens (tertiary/aromatic N) is 4. The van der Waals surface area contributed by atoms with E-state index in [0.29, 0.717) is 18.9 Å². The van der Waals surface area contributed by atoms with Crippen LogP contribution in [0.25, 0.3) is 0 Å². The van der Waals surface area contributed by atoms with Gasteiger partial charge in [-0.15, -0.1) is 0 Å². The average Bonchev–Trinajstić information content (AvgIpc) is 3.11. The lowest BCUT2D eigenvalue weighted by molar-refractivity contribution is -0.0328. The van der Waals surface area contributed by atoms with Gasteiger partial charge >= 0.3 is 15.7 Å². The van der Waals surface area contributed by atoms with E-state index in [2.05, 4.69) is 19.5 Å². The summed E-state index contributed by atoms with van der Waals surface area (Å²) >= 11 is -0.132. The topological polar surface area (TPSA) is 68.8 Å². The van der Waals surface area contributed by atoms with E-state index in [-0.39, 0.29) is 16.7 Å². The number of anilines is 2. The molecule has 2 heterocycles.